The van der Waals surface area contributed by atoms with Crippen LogP contribution >= 0.6 is 0 Å². The number of rotatable bonds is 3. The lowest BCUT2D eigenvalue weighted by molar-refractivity contribution is -0.120. The molecule has 140 valence electrons. The monoisotopic (exact) mass is 368 g/mol. The molecule has 1 aromatic carbocycles. The van der Waals surface area contributed by atoms with Crippen LogP contribution in [-0.4, -0.2) is 65.0 Å². The Morgan fingerprint density at radius 3 is 2.67 bits per heavy atom. The van der Waals surface area contributed by atoms with Crippen molar-refractivity contribution in [3.05, 3.63) is 48.3 Å². The Hall–Kier alpha value is -3.29. The van der Waals surface area contributed by atoms with E-state index in [1.165, 1.54) is 16.9 Å². The number of nitrogens with zero attached hydrogens (tertiary/aromatic N) is 4. The van der Waals surface area contributed by atoms with Crippen LogP contribution in [0, 0.1) is 0 Å². The van der Waals surface area contributed by atoms with Crippen molar-refractivity contribution in [3.8, 4) is 5.75 Å². The first-order valence-corrected chi connectivity index (χ1v) is 8.70. The topological polar surface area (TPSA) is 75.1 Å². The minimum Gasteiger partial charge on any atom is -0.497 e. The molecule has 0 aliphatic carbocycles. The molecular weight excluding hydrogens is 348 g/mol. The molecule has 2 aromatic rings. The molecule has 1 atom stereocenters. The van der Waals surface area contributed by atoms with Crippen LogP contribution in [0.15, 0.2) is 42.6 Å². The van der Waals surface area contributed by atoms with Crippen molar-refractivity contribution < 1.29 is 19.1 Å². The Balaban J connectivity index is 1.58. The van der Waals surface area contributed by atoms with Crippen molar-refractivity contribution in [3.63, 3.8) is 0 Å². The van der Waals surface area contributed by atoms with Gasteiger partial charge in [-0.2, -0.15) is 0 Å². The third-order valence-electron chi connectivity index (χ3n) is 5.08. The number of methoxy groups -OCH3 is 1. The van der Waals surface area contributed by atoms with Crippen molar-refractivity contribution in [2.24, 2.45) is 7.05 Å². The maximum Gasteiger partial charge on any atom is 0.332 e. The number of fused-ring (bicyclic) bond motifs is 1. The second-order valence-electron chi connectivity index (χ2n) is 6.62. The minimum absolute atomic E-state index is 0.137. The normalized spacial score (nSPS) is 19.5. The number of amides is 4. The number of piperazine rings is 1. The van der Waals surface area contributed by atoms with Crippen molar-refractivity contribution in [2.45, 2.75) is 6.04 Å². The predicted molar refractivity (Wildman–Crippen MR) is 97.7 cm³/mol. The van der Waals surface area contributed by atoms with Gasteiger partial charge in [-0.1, -0.05) is 6.07 Å². The van der Waals surface area contributed by atoms with Gasteiger partial charge in [0, 0.05) is 32.4 Å². The summed E-state index contributed by atoms with van der Waals surface area (Å²) in [4.78, 5) is 42.8. The molecule has 0 bridgehead atoms. The van der Waals surface area contributed by atoms with Crippen molar-refractivity contribution in [1.29, 1.82) is 0 Å². The van der Waals surface area contributed by atoms with Crippen molar-refractivity contribution >= 4 is 23.5 Å². The molecule has 1 aromatic heterocycles. The lowest BCUT2D eigenvalue weighted by Gasteiger charge is -2.35. The van der Waals surface area contributed by atoms with Crippen LogP contribution in [0.4, 0.5) is 10.5 Å². The van der Waals surface area contributed by atoms with Crippen LogP contribution < -0.4 is 9.64 Å². The van der Waals surface area contributed by atoms with E-state index in [1.807, 2.05) is 0 Å². The number of hydrogen-bond acceptors (Lipinski definition) is 4. The number of carbonyl (C=O) groups excluding carboxylic acids is 3. The number of carbonyl (C=O) groups is 3. The Bertz CT molecular complexity index is 922. The molecule has 2 aliphatic rings. The van der Waals surface area contributed by atoms with E-state index < -0.39 is 6.04 Å². The van der Waals surface area contributed by atoms with Gasteiger partial charge in [-0.15, -0.1) is 0 Å². The van der Waals surface area contributed by atoms with Gasteiger partial charge >= 0.3 is 6.03 Å². The summed E-state index contributed by atoms with van der Waals surface area (Å²) in [6, 6.07) is 9.37. The lowest BCUT2D eigenvalue weighted by atomic mass is 10.1. The lowest BCUT2D eigenvalue weighted by Crippen LogP contribution is -2.54. The predicted octanol–water partition coefficient (Wildman–Crippen LogP) is 1.33. The number of anilines is 1. The van der Waals surface area contributed by atoms with Gasteiger partial charge in [-0.3, -0.25) is 9.59 Å². The van der Waals surface area contributed by atoms with Gasteiger partial charge in [0.25, 0.3) is 11.8 Å². The molecule has 2 saturated heterocycles. The highest BCUT2D eigenvalue weighted by Crippen LogP contribution is 2.30. The zero-order valence-electron chi connectivity index (χ0n) is 15.2. The van der Waals surface area contributed by atoms with Gasteiger partial charge in [-0.25, -0.2) is 9.69 Å². The quantitative estimate of drug-likeness (QED) is 0.766. The summed E-state index contributed by atoms with van der Waals surface area (Å²) in [6.07, 6.45) is 1.80. The average Bonchev–Trinajstić information content (AvgIpc) is 3.22. The molecule has 0 radical (unpaired) electrons. The maximum absolute atomic E-state index is 13.0. The van der Waals surface area contributed by atoms with Gasteiger partial charge in [0.15, 0.2) is 0 Å². The number of benzene rings is 1. The second kappa shape index (κ2) is 6.46. The summed E-state index contributed by atoms with van der Waals surface area (Å²) in [6.45, 7) is 0.909. The Kier molecular flexibility index (Phi) is 4.10. The van der Waals surface area contributed by atoms with E-state index in [-0.39, 0.29) is 24.4 Å². The number of imide groups is 1. The van der Waals surface area contributed by atoms with Crippen LogP contribution in [0.3, 0.4) is 0 Å². The van der Waals surface area contributed by atoms with Gasteiger partial charge in [0.2, 0.25) is 0 Å². The third kappa shape index (κ3) is 2.73. The number of urea groups is 1. The molecule has 8 heteroatoms. The number of hydrogen-bond donors (Lipinski definition) is 0. The van der Waals surface area contributed by atoms with E-state index in [2.05, 4.69) is 0 Å². The zero-order chi connectivity index (χ0) is 19.1. The number of aromatic nitrogens is 1. The molecule has 27 heavy (non-hydrogen) atoms. The molecule has 4 rings (SSSR count). The highest BCUT2D eigenvalue weighted by molar-refractivity contribution is 6.21. The van der Waals surface area contributed by atoms with Crippen molar-refractivity contribution in [2.75, 3.05) is 31.6 Å². The summed E-state index contributed by atoms with van der Waals surface area (Å²) in [5.41, 5.74) is 1.03. The molecule has 0 saturated carbocycles. The Morgan fingerprint density at radius 2 is 1.96 bits per heavy atom. The smallest absolute Gasteiger partial charge is 0.332 e. The van der Waals surface area contributed by atoms with E-state index in [4.69, 9.17) is 4.74 Å². The number of ether oxygens (including phenoxy) is 1. The maximum atomic E-state index is 13.0. The van der Waals surface area contributed by atoms with Crippen LogP contribution in [0.1, 0.15) is 10.5 Å². The zero-order valence-corrected chi connectivity index (χ0v) is 15.2. The third-order valence-corrected chi connectivity index (χ3v) is 5.08. The van der Waals surface area contributed by atoms with Gasteiger partial charge in [0.05, 0.1) is 19.3 Å². The van der Waals surface area contributed by atoms with Crippen LogP contribution in [-0.2, 0) is 11.8 Å². The number of aryl methyl sites for hydroxylation is 1. The first kappa shape index (κ1) is 17.1. The van der Waals surface area contributed by atoms with E-state index in [1.54, 1.807) is 59.1 Å². The van der Waals surface area contributed by atoms with Crippen LogP contribution in [0.25, 0.3) is 0 Å². The molecule has 3 heterocycles. The molecule has 8 nitrogen and oxygen atoms in total. The molecule has 0 spiro atoms. The summed E-state index contributed by atoms with van der Waals surface area (Å²) in [7, 11) is 3.33. The second-order valence-corrected chi connectivity index (χ2v) is 6.62. The summed E-state index contributed by atoms with van der Waals surface area (Å²) in [5, 5.41) is 0. The van der Waals surface area contributed by atoms with E-state index >= 15 is 0 Å². The van der Waals surface area contributed by atoms with Crippen LogP contribution in [0.5, 0.6) is 5.75 Å². The first-order chi connectivity index (χ1) is 13.0. The summed E-state index contributed by atoms with van der Waals surface area (Å²) >= 11 is 0. The SMILES string of the molecule is COc1cccc(N2C(=O)[C@H]3CN(C(=O)c4cccn4C)CCN3C2=O)c1. The Morgan fingerprint density at radius 1 is 1.15 bits per heavy atom. The van der Waals surface area contributed by atoms with Gasteiger partial charge < -0.3 is 19.1 Å². The first-order valence-electron chi connectivity index (χ1n) is 8.70. The molecule has 0 N–H and O–H groups in total. The molecule has 4 amide bonds. The van der Waals surface area contributed by atoms with E-state index in [9.17, 15) is 14.4 Å². The highest BCUT2D eigenvalue weighted by Gasteiger charge is 2.49. The van der Waals surface area contributed by atoms with Crippen molar-refractivity contribution in [1.82, 2.24) is 14.4 Å². The van der Waals surface area contributed by atoms with E-state index in [0.717, 1.165) is 0 Å². The average molecular weight is 368 g/mol. The molecule has 2 fully saturated rings. The molecular formula is C19H20N4O4. The van der Waals surface area contributed by atoms with E-state index in [0.29, 0.717) is 30.2 Å². The standard InChI is InChI=1S/C19H20N4O4/c1-20-8-4-7-15(20)17(24)21-9-10-22-16(12-21)18(25)23(19(22)26)13-5-3-6-14(11-13)27-2/h3-8,11,16H,9-10,12H2,1-2H3/t16-/m1/s1. The molecule has 2 aliphatic heterocycles. The largest absolute Gasteiger partial charge is 0.497 e. The fourth-order valence-electron chi connectivity index (χ4n) is 3.61. The highest BCUT2D eigenvalue weighted by atomic mass is 16.5. The van der Waals surface area contributed by atoms with Crippen LogP contribution in [0.2, 0.25) is 0 Å². The van der Waals surface area contributed by atoms with Gasteiger partial charge in [-0.05, 0) is 24.3 Å². The van der Waals surface area contributed by atoms with Gasteiger partial charge in [0.1, 0.15) is 17.5 Å². The fraction of sp³-hybridized carbons (Fsp3) is 0.316. The molecule has 0 unspecified atom stereocenters. The fourth-order valence-corrected chi connectivity index (χ4v) is 3.61. The summed E-state index contributed by atoms with van der Waals surface area (Å²) in [5.74, 6) is 0.110. The minimum atomic E-state index is -0.665. The summed E-state index contributed by atoms with van der Waals surface area (Å²) < 4.78 is 6.94. The Labute approximate surface area is 156 Å².